The predicted octanol–water partition coefficient (Wildman–Crippen LogP) is 2.90. The van der Waals surface area contributed by atoms with Gasteiger partial charge in [-0.1, -0.05) is 30.3 Å². The summed E-state index contributed by atoms with van der Waals surface area (Å²) in [4.78, 5) is 6.81. The molecule has 0 aliphatic heterocycles. The summed E-state index contributed by atoms with van der Waals surface area (Å²) in [6, 6.07) is 11.8. The minimum atomic E-state index is -0.430. The Morgan fingerprint density at radius 2 is 1.96 bits per heavy atom. The minimum absolute atomic E-state index is 0.430. The molecule has 24 heavy (non-hydrogen) atoms. The zero-order valence-corrected chi connectivity index (χ0v) is 14.5. The van der Waals surface area contributed by atoms with Crippen molar-refractivity contribution in [3.8, 4) is 0 Å². The maximum Gasteiger partial charge on any atom is 0.159 e. The zero-order valence-electron chi connectivity index (χ0n) is 14.5. The third-order valence-electron chi connectivity index (χ3n) is 4.26. The van der Waals surface area contributed by atoms with Crippen molar-refractivity contribution in [1.82, 2.24) is 19.5 Å². The normalized spacial score (nSPS) is 12.9. The predicted molar refractivity (Wildman–Crippen MR) is 94.8 cm³/mol. The fraction of sp³-hybridized carbons (Fsp3) is 0.368. The lowest BCUT2D eigenvalue weighted by Crippen LogP contribution is -2.21. The van der Waals surface area contributed by atoms with Crippen molar-refractivity contribution < 1.29 is 5.11 Å². The molecule has 5 nitrogen and oxygen atoms in total. The van der Waals surface area contributed by atoms with Gasteiger partial charge in [-0.2, -0.15) is 5.10 Å². The molecule has 3 rings (SSSR count). The van der Waals surface area contributed by atoms with E-state index < -0.39 is 6.10 Å². The molecular weight excluding hydrogens is 300 g/mol. The van der Waals surface area contributed by atoms with Crippen LogP contribution in [0.15, 0.2) is 42.6 Å². The van der Waals surface area contributed by atoms with E-state index in [0.717, 1.165) is 41.3 Å². The Balaban J connectivity index is 1.64. The number of aromatic nitrogens is 3. The molecular formula is C19H24N4O. The zero-order chi connectivity index (χ0) is 17.1. The molecule has 0 aliphatic rings. The van der Waals surface area contributed by atoms with Crippen LogP contribution < -0.4 is 0 Å². The van der Waals surface area contributed by atoms with Crippen molar-refractivity contribution in [2.75, 3.05) is 13.6 Å². The van der Waals surface area contributed by atoms with Gasteiger partial charge in [0.05, 0.1) is 12.3 Å². The molecule has 0 spiro atoms. The first-order chi connectivity index (χ1) is 11.5. The highest BCUT2D eigenvalue weighted by atomic mass is 16.3. The summed E-state index contributed by atoms with van der Waals surface area (Å²) in [5.74, 6) is 0. The Morgan fingerprint density at radius 1 is 1.21 bits per heavy atom. The van der Waals surface area contributed by atoms with Gasteiger partial charge in [0.2, 0.25) is 0 Å². The van der Waals surface area contributed by atoms with Gasteiger partial charge in [-0.3, -0.25) is 0 Å². The number of hydrogen-bond acceptors (Lipinski definition) is 4. The van der Waals surface area contributed by atoms with E-state index in [0.29, 0.717) is 6.42 Å². The largest absolute Gasteiger partial charge is 0.388 e. The molecule has 1 unspecified atom stereocenters. The lowest BCUT2D eigenvalue weighted by molar-refractivity contribution is 0.148. The highest BCUT2D eigenvalue weighted by Crippen LogP contribution is 2.18. The van der Waals surface area contributed by atoms with Crippen LogP contribution in [0, 0.1) is 13.8 Å². The number of aliphatic hydroxyl groups is 1. The third kappa shape index (κ3) is 3.63. The maximum absolute atomic E-state index is 10.3. The summed E-state index contributed by atoms with van der Waals surface area (Å²) >= 11 is 0. The van der Waals surface area contributed by atoms with E-state index >= 15 is 0 Å². The van der Waals surface area contributed by atoms with E-state index in [1.165, 1.54) is 0 Å². The van der Waals surface area contributed by atoms with Gasteiger partial charge in [0, 0.05) is 30.0 Å². The van der Waals surface area contributed by atoms with Gasteiger partial charge in [0.25, 0.3) is 0 Å². The first-order valence-electron chi connectivity index (χ1n) is 8.27. The number of benzene rings is 1. The van der Waals surface area contributed by atoms with Crippen LogP contribution >= 0.6 is 0 Å². The summed E-state index contributed by atoms with van der Waals surface area (Å²) < 4.78 is 1.88. The molecule has 0 amide bonds. The van der Waals surface area contributed by atoms with Crippen molar-refractivity contribution in [2.45, 2.75) is 32.9 Å². The molecule has 0 saturated heterocycles. The number of hydrogen-bond donors (Lipinski definition) is 1. The van der Waals surface area contributed by atoms with Gasteiger partial charge in [0.1, 0.15) is 0 Å². The summed E-state index contributed by atoms with van der Waals surface area (Å²) in [5, 5.41) is 14.7. The second kappa shape index (κ2) is 7.11. The Kier molecular flexibility index (Phi) is 4.92. The van der Waals surface area contributed by atoms with Gasteiger partial charge in [-0.15, -0.1) is 0 Å². The van der Waals surface area contributed by atoms with E-state index in [2.05, 4.69) is 22.0 Å². The number of rotatable bonds is 6. The van der Waals surface area contributed by atoms with E-state index in [1.54, 1.807) is 0 Å². The van der Waals surface area contributed by atoms with Crippen LogP contribution in [0.4, 0.5) is 0 Å². The molecule has 5 heteroatoms. The van der Waals surface area contributed by atoms with Crippen molar-refractivity contribution >= 4 is 5.65 Å². The second-order valence-corrected chi connectivity index (χ2v) is 6.40. The van der Waals surface area contributed by atoms with Gasteiger partial charge in [0.15, 0.2) is 5.65 Å². The number of aliphatic hydroxyl groups excluding tert-OH is 1. The van der Waals surface area contributed by atoms with Crippen LogP contribution in [-0.4, -0.2) is 38.2 Å². The van der Waals surface area contributed by atoms with Crippen LogP contribution in [0.1, 0.15) is 35.0 Å². The average Bonchev–Trinajstić information content (AvgIpc) is 2.96. The SMILES string of the molecule is Cc1cc(C)n2ncc(CN(C)CCC(O)c3ccccc3)c2n1. The van der Waals surface area contributed by atoms with E-state index in [-0.39, 0.29) is 0 Å². The molecule has 0 bridgehead atoms. The standard InChI is InChI=1S/C19H24N4O/c1-14-11-15(2)23-19(21-14)17(12-20-23)13-22(3)10-9-18(24)16-7-5-4-6-8-16/h4-8,11-12,18,24H,9-10,13H2,1-3H3. The first kappa shape index (κ1) is 16.6. The van der Waals surface area contributed by atoms with Crippen LogP contribution in [0.5, 0.6) is 0 Å². The van der Waals surface area contributed by atoms with Gasteiger partial charge in [-0.25, -0.2) is 9.50 Å². The molecule has 1 atom stereocenters. The molecule has 126 valence electrons. The van der Waals surface area contributed by atoms with Crippen LogP contribution in [0.3, 0.4) is 0 Å². The van der Waals surface area contributed by atoms with Crippen molar-refractivity contribution in [3.63, 3.8) is 0 Å². The van der Waals surface area contributed by atoms with E-state index in [9.17, 15) is 5.11 Å². The van der Waals surface area contributed by atoms with Gasteiger partial charge in [-0.05, 0) is 38.9 Å². The molecule has 0 saturated carbocycles. The average molecular weight is 324 g/mol. The Morgan fingerprint density at radius 3 is 2.71 bits per heavy atom. The summed E-state index contributed by atoms with van der Waals surface area (Å²) in [6.07, 6.45) is 2.16. The lowest BCUT2D eigenvalue weighted by atomic mass is 10.1. The summed E-state index contributed by atoms with van der Waals surface area (Å²) in [7, 11) is 2.06. The first-order valence-corrected chi connectivity index (χ1v) is 8.27. The summed E-state index contributed by atoms with van der Waals surface area (Å²) in [6.45, 7) is 5.61. The van der Waals surface area contributed by atoms with Gasteiger partial charge >= 0.3 is 0 Å². The van der Waals surface area contributed by atoms with E-state index in [1.807, 2.05) is 61.0 Å². The fourth-order valence-corrected chi connectivity index (χ4v) is 2.98. The number of aryl methyl sites for hydroxylation is 2. The van der Waals surface area contributed by atoms with Crippen LogP contribution in [0.2, 0.25) is 0 Å². The fourth-order valence-electron chi connectivity index (χ4n) is 2.98. The Labute approximate surface area is 142 Å². The molecule has 0 aliphatic carbocycles. The molecule has 3 aromatic rings. The number of nitrogens with zero attached hydrogens (tertiary/aromatic N) is 4. The topological polar surface area (TPSA) is 53.7 Å². The highest BCUT2D eigenvalue weighted by molar-refractivity contribution is 5.47. The lowest BCUT2D eigenvalue weighted by Gasteiger charge is -2.18. The molecule has 1 aromatic carbocycles. The quantitative estimate of drug-likeness (QED) is 0.757. The maximum atomic E-state index is 10.3. The van der Waals surface area contributed by atoms with Gasteiger partial charge < -0.3 is 10.0 Å². The summed E-state index contributed by atoms with van der Waals surface area (Å²) in [5.41, 5.74) is 5.09. The van der Waals surface area contributed by atoms with Crippen LogP contribution in [-0.2, 0) is 6.54 Å². The van der Waals surface area contributed by atoms with E-state index in [4.69, 9.17) is 0 Å². The Bertz CT molecular complexity index is 813. The van der Waals surface area contributed by atoms with Crippen molar-refractivity contribution in [1.29, 1.82) is 0 Å². The molecule has 0 fully saturated rings. The Hall–Kier alpha value is -2.24. The number of fused-ring (bicyclic) bond motifs is 1. The minimum Gasteiger partial charge on any atom is -0.388 e. The van der Waals surface area contributed by atoms with Crippen molar-refractivity contribution in [3.05, 3.63) is 65.1 Å². The van der Waals surface area contributed by atoms with Crippen molar-refractivity contribution in [2.24, 2.45) is 0 Å². The van der Waals surface area contributed by atoms with Crippen LogP contribution in [0.25, 0.3) is 5.65 Å². The monoisotopic (exact) mass is 324 g/mol. The molecule has 2 aromatic heterocycles. The molecule has 0 radical (unpaired) electrons. The second-order valence-electron chi connectivity index (χ2n) is 6.40. The third-order valence-corrected chi connectivity index (χ3v) is 4.26. The smallest absolute Gasteiger partial charge is 0.159 e. The highest BCUT2D eigenvalue weighted by Gasteiger charge is 2.12. The molecule has 1 N–H and O–H groups in total. The molecule has 2 heterocycles.